The van der Waals surface area contributed by atoms with Gasteiger partial charge < -0.3 is 48.7 Å². The smallest absolute Gasteiger partial charge is 0.319 e. The number of piperazine rings is 1. The zero-order valence-corrected chi connectivity index (χ0v) is 47.5. The minimum atomic E-state index is -0.703. The fraction of sp³-hybridized carbons (Fsp3) is 0.532. The molecule has 5 fully saturated rings. The molecule has 6 aliphatic heterocycles. The number of terminal acetylenes is 1. The number of nitrogens with one attached hydrogen (secondary N) is 1. The number of nitrogens with zero attached hydrogens (tertiary/aromatic N) is 9. The van der Waals surface area contributed by atoms with Gasteiger partial charge in [0.2, 0.25) is 0 Å². The Hall–Kier alpha value is -6.39. The molecule has 18 heteroatoms. The van der Waals surface area contributed by atoms with E-state index in [9.17, 15) is 9.59 Å². The van der Waals surface area contributed by atoms with E-state index in [-0.39, 0.29) is 59.2 Å². The van der Waals surface area contributed by atoms with Gasteiger partial charge in [-0.2, -0.15) is 9.97 Å². The van der Waals surface area contributed by atoms with Crippen molar-refractivity contribution in [3.05, 3.63) is 89.8 Å². The number of carbonyl (C=O) groups is 2. The van der Waals surface area contributed by atoms with Gasteiger partial charge in [0.05, 0.1) is 17.0 Å². The van der Waals surface area contributed by atoms with E-state index in [1.807, 2.05) is 38.7 Å². The van der Waals surface area contributed by atoms with Gasteiger partial charge in [-0.15, -0.1) is 6.42 Å². The summed E-state index contributed by atoms with van der Waals surface area (Å²) in [4.78, 5) is 52.4. The number of anilines is 2. The highest BCUT2D eigenvalue weighted by Crippen LogP contribution is 2.41. The van der Waals surface area contributed by atoms with Gasteiger partial charge in [-0.05, 0) is 143 Å². The lowest BCUT2D eigenvalue weighted by atomic mass is 9.82. The molecule has 2 bridgehead atoms. The fourth-order valence-electron chi connectivity index (χ4n) is 12.8. The molecular formula is C62H79BF2N10O5. The van der Waals surface area contributed by atoms with Gasteiger partial charge in [0.25, 0.3) is 5.91 Å². The first-order valence-electron chi connectivity index (χ1n) is 29.0. The van der Waals surface area contributed by atoms with Crippen LogP contribution in [-0.2, 0) is 16.1 Å². The molecule has 5 saturated heterocycles. The second kappa shape index (κ2) is 26.9. The van der Waals surface area contributed by atoms with Gasteiger partial charge >= 0.3 is 6.01 Å². The molecule has 2 aromatic heterocycles. The number of fused-ring (bicyclic) bond motifs is 5. The largest absolute Gasteiger partial charge is 0.468 e. The lowest BCUT2D eigenvalue weighted by Gasteiger charge is -2.44. The van der Waals surface area contributed by atoms with Crippen LogP contribution in [0, 0.1) is 41.7 Å². The number of aldehydes is 1. The summed E-state index contributed by atoms with van der Waals surface area (Å²) in [5.74, 6) is 4.19. The predicted molar refractivity (Wildman–Crippen MR) is 313 cm³/mol. The molecule has 3 atom stereocenters. The van der Waals surface area contributed by atoms with Crippen LogP contribution in [0.5, 0.6) is 11.8 Å². The molecule has 1 amide bonds. The average molecular weight is 1090 g/mol. The van der Waals surface area contributed by atoms with Crippen molar-refractivity contribution >= 4 is 53.4 Å². The highest BCUT2D eigenvalue weighted by molar-refractivity contribution is 6.05. The first-order valence-corrected chi connectivity index (χ1v) is 29.0. The Bertz CT molecular complexity index is 3000. The third kappa shape index (κ3) is 12.7. The number of aromatic nitrogens is 3. The zero-order chi connectivity index (χ0) is 56.5. The molecule has 15 nitrogen and oxygen atoms in total. The molecular weight excluding hydrogens is 1010 g/mol. The summed E-state index contributed by atoms with van der Waals surface area (Å²) in [6.07, 6.45) is 19.6. The molecule has 424 valence electrons. The van der Waals surface area contributed by atoms with Crippen LogP contribution in [0.2, 0.25) is 0 Å². The van der Waals surface area contributed by atoms with Gasteiger partial charge in [0.1, 0.15) is 41.5 Å². The van der Waals surface area contributed by atoms with E-state index in [0.29, 0.717) is 78.8 Å². The summed E-state index contributed by atoms with van der Waals surface area (Å²) in [5, 5.41) is 4.04. The molecule has 0 saturated carbocycles. The molecule has 3 unspecified atom stereocenters. The Labute approximate surface area is 472 Å². The molecule has 1 N–H and O–H groups in total. The van der Waals surface area contributed by atoms with Crippen LogP contribution in [-0.4, -0.2) is 166 Å². The van der Waals surface area contributed by atoms with Crippen molar-refractivity contribution in [1.82, 2.24) is 39.8 Å². The minimum absolute atomic E-state index is 0.00114. The highest BCUT2D eigenvalue weighted by atomic mass is 19.1. The number of ether oxygens (including phenoxy) is 3. The Morgan fingerprint density at radius 2 is 1.60 bits per heavy atom. The number of halogens is 2. The third-order valence-electron chi connectivity index (χ3n) is 17.1. The SMILES string of the molecule is C=CNC.CC.[B]N1C2CCC1CN(c1nc(OCCN3CCC(CC4CCN(CC5CN(c6ccc7c(c6)CN(C(C=O)CCC)C7=O)C5)CC4)CC3)nc3c(F)c(-c4cc(OCOC)cc5ccc(F)c(C#C)c45)ncc13)C2. The number of hydrogen-bond donors (Lipinski definition) is 1. The van der Waals surface area contributed by atoms with Crippen LogP contribution in [0.4, 0.5) is 20.3 Å². The van der Waals surface area contributed by atoms with Gasteiger partial charge in [0.15, 0.2) is 20.6 Å². The number of likely N-dealkylation sites (tertiary alicyclic amines) is 2. The molecule has 3 aromatic carbocycles. The Kier molecular flexibility index (Phi) is 19.6. The first-order chi connectivity index (χ1) is 39.0. The van der Waals surface area contributed by atoms with E-state index in [2.05, 4.69) is 54.5 Å². The second-order valence-corrected chi connectivity index (χ2v) is 22.1. The van der Waals surface area contributed by atoms with Crippen molar-refractivity contribution in [3.63, 3.8) is 0 Å². The third-order valence-corrected chi connectivity index (χ3v) is 17.1. The van der Waals surface area contributed by atoms with Crippen molar-refractivity contribution in [2.45, 2.75) is 103 Å². The number of benzene rings is 3. The summed E-state index contributed by atoms with van der Waals surface area (Å²) >= 11 is 0. The van der Waals surface area contributed by atoms with Crippen LogP contribution in [0.3, 0.4) is 0 Å². The maximum atomic E-state index is 17.3. The number of amides is 1. The highest BCUT2D eigenvalue weighted by Gasteiger charge is 2.39. The maximum absolute atomic E-state index is 17.3. The summed E-state index contributed by atoms with van der Waals surface area (Å²) in [5.41, 5.74) is 3.21. The van der Waals surface area contributed by atoms with Gasteiger partial charge in [-0.3, -0.25) is 14.7 Å². The number of rotatable bonds is 19. The van der Waals surface area contributed by atoms with Crippen molar-refractivity contribution in [3.8, 4) is 35.4 Å². The molecule has 6 aliphatic rings. The molecule has 80 heavy (non-hydrogen) atoms. The van der Waals surface area contributed by atoms with E-state index >= 15 is 8.78 Å². The van der Waals surface area contributed by atoms with Gasteiger partial charge in [0, 0.05) is 106 Å². The number of methoxy groups -OCH3 is 1. The average Bonchev–Trinajstić information content (AvgIpc) is 4.03. The molecule has 0 spiro atoms. The zero-order valence-electron chi connectivity index (χ0n) is 47.5. The number of carbonyl (C=O) groups excluding carboxylic acids is 2. The van der Waals surface area contributed by atoms with Crippen molar-refractivity contribution in [2.24, 2.45) is 17.8 Å². The quantitative estimate of drug-likeness (QED) is 0.0366. The van der Waals surface area contributed by atoms with Gasteiger partial charge in [-0.1, -0.05) is 45.8 Å². The van der Waals surface area contributed by atoms with E-state index < -0.39 is 11.6 Å². The standard InChI is InChI=1S/C57H66BF2N9O5.C3H7N.C2H6/c1-4-6-44(34-70)68-31-40-24-41(10-11-47(40)56(68)71)66-29-38(30-66)28-65-19-15-37(16-20-65)23-36-13-17-64(18-14-36)21-22-73-57-62-54-49(55(63-57)67-32-42-8-9-43(33-67)69(42)58)27-61-53(52(54)60)48-26-45(74-35-72-3)25-39-7-12-50(59)46(5-2)51(39)48;1-3-4-2;1-2/h2,7,10-12,24-27,34,36-38,42-44H,4,6,8-9,13-23,28-33,35H2,1,3H3;3-4H,1H2,2H3;1-2H3. The summed E-state index contributed by atoms with van der Waals surface area (Å²) in [7, 11) is 9.78. The van der Waals surface area contributed by atoms with E-state index in [4.69, 9.17) is 38.6 Å². The monoisotopic (exact) mass is 1090 g/mol. The first kappa shape index (κ1) is 58.3. The lowest BCUT2D eigenvalue weighted by Crippen LogP contribution is -2.53. The normalized spacial score (nSPS) is 20.3. The lowest BCUT2D eigenvalue weighted by molar-refractivity contribution is -0.112. The Morgan fingerprint density at radius 1 is 0.900 bits per heavy atom. The van der Waals surface area contributed by atoms with Crippen LogP contribution in [0.1, 0.15) is 100 Å². The predicted octanol–water partition coefficient (Wildman–Crippen LogP) is 8.85. The Morgan fingerprint density at radius 3 is 2.25 bits per heavy atom. The van der Waals surface area contributed by atoms with Crippen LogP contribution >= 0.6 is 0 Å². The second-order valence-electron chi connectivity index (χ2n) is 22.1. The van der Waals surface area contributed by atoms with Crippen LogP contribution in [0.25, 0.3) is 32.9 Å². The molecule has 0 aliphatic carbocycles. The number of hydrogen-bond acceptors (Lipinski definition) is 14. The molecule has 5 aromatic rings. The molecule has 11 rings (SSSR count). The van der Waals surface area contributed by atoms with Gasteiger partial charge in [-0.25, -0.2) is 8.78 Å². The summed E-state index contributed by atoms with van der Waals surface area (Å²) < 4.78 is 49.8. The summed E-state index contributed by atoms with van der Waals surface area (Å²) in [6.45, 7) is 19.7. The van der Waals surface area contributed by atoms with E-state index in [0.717, 1.165) is 101 Å². The topological polar surface area (TPSA) is 132 Å². The number of piperidine rings is 2. The minimum Gasteiger partial charge on any atom is -0.468 e. The Balaban J connectivity index is 0.00000124. The van der Waals surface area contributed by atoms with Crippen LogP contribution < -0.4 is 24.6 Å². The maximum Gasteiger partial charge on any atom is 0.319 e. The molecule has 8 heterocycles. The molecule has 2 radical (unpaired) electrons. The van der Waals surface area contributed by atoms with Crippen LogP contribution in [0.15, 0.2) is 61.4 Å². The number of pyridine rings is 1. The fourth-order valence-corrected chi connectivity index (χ4v) is 12.8. The van der Waals surface area contributed by atoms with Crippen molar-refractivity contribution < 1.29 is 32.6 Å². The van der Waals surface area contributed by atoms with Crippen molar-refractivity contribution in [2.75, 3.05) is 103 Å². The van der Waals surface area contributed by atoms with Crippen molar-refractivity contribution in [1.29, 1.82) is 0 Å². The summed E-state index contributed by atoms with van der Waals surface area (Å²) in [6, 6.07) is 12.4. The van der Waals surface area contributed by atoms with E-state index in [1.54, 1.807) is 35.5 Å². The van der Waals surface area contributed by atoms with E-state index in [1.165, 1.54) is 38.1 Å².